The number of ether oxygens (including phenoxy) is 1. The molecule has 0 atom stereocenters. The molecule has 0 heterocycles. The molecule has 0 fully saturated rings. The van der Waals surface area contributed by atoms with E-state index in [1.165, 1.54) is 0 Å². The van der Waals surface area contributed by atoms with Gasteiger partial charge in [0.05, 0.1) is 14.7 Å². The molecule has 4 nitrogen and oxygen atoms in total. The number of rotatable bonds is 5. The molecule has 0 bridgehead atoms. The predicted molar refractivity (Wildman–Crippen MR) is 107 cm³/mol. The molecule has 1 N–H and O–H groups in total. The Bertz CT molecular complexity index is 768. The topological polar surface area (TPSA) is 50.7 Å². The van der Waals surface area contributed by atoms with Gasteiger partial charge in [-0.15, -0.1) is 0 Å². The van der Waals surface area contributed by atoms with E-state index < -0.39 is 0 Å². The van der Waals surface area contributed by atoms with E-state index in [1.54, 1.807) is 0 Å². The number of hydrazone groups is 1. The summed E-state index contributed by atoms with van der Waals surface area (Å²) in [5.74, 6) is 0.257. The summed E-state index contributed by atoms with van der Waals surface area (Å²) in [4.78, 5) is 11.9. The maximum absolute atomic E-state index is 11.9. The molecule has 0 aliphatic rings. The van der Waals surface area contributed by atoms with Crippen molar-refractivity contribution in [2.45, 2.75) is 13.8 Å². The number of benzene rings is 2. The zero-order chi connectivity index (χ0) is 17.7. The van der Waals surface area contributed by atoms with E-state index >= 15 is 0 Å². The Morgan fingerprint density at radius 2 is 1.83 bits per heavy atom. The van der Waals surface area contributed by atoms with Crippen molar-refractivity contribution in [1.82, 2.24) is 5.43 Å². The molecule has 1 amide bonds. The van der Waals surface area contributed by atoms with Gasteiger partial charge in [0.2, 0.25) is 0 Å². The number of hydrogen-bond donors (Lipinski definition) is 1. The van der Waals surface area contributed by atoms with Crippen LogP contribution in [-0.2, 0) is 4.79 Å². The first-order valence-electron chi connectivity index (χ1n) is 7.04. The molecule has 7 heteroatoms. The Morgan fingerprint density at radius 3 is 2.46 bits per heavy atom. The molecule has 24 heavy (non-hydrogen) atoms. The molecule has 0 spiro atoms. The van der Waals surface area contributed by atoms with E-state index in [-0.39, 0.29) is 12.5 Å². The number of aryl methyl sites for hydroxylation is 1. The van der Waals surface area contributed by atoms with Gasteiger partial charge in [0, 0.05) is 4.47 Å². The van der Waals surface area contributed by atoms with Gasteiger partial charge in [-0.05, 0) is 81.1 Å². The van der Waals surface area contributed by atoms with Crippen LogP contribution in [0.5, 0.6) is 5.75 Å². The second kappa shape index (κ2) is 8.78. The minimum atomic E-state index is -0.330. The summed E-state index contributed by atoms with van der Waals surface area (Å²) in [6.45, 7) is 3.68. The quantitative estimate of drug-likeness (QED) is 0.437. The van der Waals surface area contributed by atoms with E-state index in [1.807, 2.05) is 50.2 Å². The second-order valence-corrected chi connectivity index (χ2v) is 7.71. The molecule has 0 radical (unpaired) electrons. The number of nitrogens with zero attached hydrogens (tertiary/aromatic N) is 1. The predicted octanol–water partition coefficient (Wildman–Crippen LogP) is 5.20. The standard InChI is InChI=1S/C17H15Br3N2O2/c1-10-6-14(19)17(15(20)7-10)24-9-16(23)22-21-11(2)12-4-3-5-13(18)8-12/h3-8H,9H2,1-2H3,(H,22,23)/b21-11-. The highest BCUT2D eigenvalue weighted by atomic mass is 79.9. The average molecular weight is 519 g/mol. The lowest BCUT2D eigenvalue weighted by atomic mass is 10.1. The number of nitrogens with one attached hydrogen (secondary N) is 1. The number of carbonyl (C=O) groups is 1. The van der Waals surface area contributed by atoms with E-state index in [0.29, 0.717) is 11.5 Å². The van der Waals surface area contributed by atoms with Crippen LogP contribution in [0.1, 0.15) is 18.1 Å². The fourth-order valence-corrected chi connectivity index (χ4v) is 3.96. The Labute approximate surface area is 166 Å². The van der Waals surface area contributed by atoms with E-state index in [9.17, 15) is 4.79 Å². The van der Waals surface area contributed by atoms with Crippen molar-refractivity contribution in [2.24, 2.45) is 5.10 Å². The first kappa shape index (κ1) is 19.1. The minimum absolute atomic E-state index is 0.129. The van der Waals surface area contributed by atoms with E-state index in [0.717, 1.165) is 24.5 Å². The zero-order valence-electron chi connectivity index (χ0n) is 13.1. The van der Waals surface area contributed by atoms with Crippen molar-refractivity contribution in [3.63, 3.8) is 0 Å². The molecule has 2 aromatic carbocycles. The van der Waals surface area contributed by atoms with Gasteiger partial charge < -0.3 is 4.74 Å². The fraction of sp³-hybridized carbons (Fsp3) is 0.176. The molecule has 126 valence electrons. The van der Waals surface area contributed by atoms with Gasteiger partial charge in [-0.1, -0.05) is 28.1 Å². The van der Waals surface area contributed by atoms with Crippen LogP contribution >= 0.6 is 47.8 Å². The van der Waals surface area contributed by atoms with Crippen molar-refractivity contribution in [1.29, 1.82) is 0 Å². The smallest absolute Gasteiger partial charge is 0.277 e. The summed E-state index contributed by atoms with van der Waals surface area (Å²) in [6, 6.07) is 11.5. The second-order valence-electron chi connectivity index (χ2n) is 5.09. The molecule has 2 rings (SSSR count). The van der Waals surface area contributed by atoms with Gasteiger partial charge in [0.25, 0.3) is 5.91 Å². The third-order valence-electron chi connectivity index (χ3n) is 3.08. The van der Waals surface area contributed by atoms with Crippen LogP contribution in [-0.4, -0.2) is 18.2 Å². The van der Waals surface area contributed by atoms with Crippen LogP contribution in [0, 0.1) is 6.92 Å². The summed E-state index contributed by atoms with van der Waals surface area (Å²) in [6.07, 6.45) is 0. The van der Waals surface area contributed by atoms with Crippen molar-refractivity contribution < 1.29 is 9.53 Å². The summed E-state index contributed by atoms with van der Waals surface area (Å²) in [7, 11) is 0. The van der Waals surface area contributed by atoms with Crippen molar-refractivity contribution in [3.8, 4) is 5.75 Å². The lowest BCUT2D eigenvalue weighted by Gasteiger charge is -2.10. The molecular weight excluding hydrogens is 504 g/mol. The molecule has 0 saturated carbocycles. The first-order valence-corrected chi connectivity index (χ1v) is 9.42. The summed E-state index contributed by atoms with van der Waals surface area (Å²) in [5, 5.41) is 4.10. The highest BCUT2D eigenvalue weighted by molar-refractivity contribution is 9.11. The Kier molecular flexibility index (Phi) is 7.01. The number of amides is 1. The normalized spacial score (nSPS) is 11.3. The summed E-state index contributed by atoms with van der Waals surface area (Å²) < 4.78 is 8.09. The fourth-order valence-electron chi connectivity index (χ4n) is 1.92. The molecular formula is C17H15Br3N2O2. The van der Waals surface area contributed by atoms with Crippen molar-refractivity contribution in [3.05, 3.63) is 60.9 Å². The van der Waals surface area contributed by atoms with Crippen LogP contribution in [0.2, 0.25) is 0 Å². The third-order valence-corrected chi connectivity index (χ3v) is 4.75. The van der Waals surface area contributed by atoms with Crippen LogP contribution < -0.4 is 10.2 Å². The summed E-state index contributed by atoms with van der Waals surface area (Å²) >= 11 is 10.3. The Morgan fingerprint density at radius 1 is 1.17 bits per heavy atom. The monoisotopic (exact) mass is 516 g/mol. The maximum Gasteiger partial charge on any atom is 0.277 e. The largest absolute Gasteiger partial charge is 0.481 e. The van der Waals surface area contributed by atoms with Gasteiger partial charge in [-0.2, -0.15) is 5.10 Å². The van der Waals surface area contributed by atoms with Crippen LogP contribution in [0.3, 0.4) is 0 Å². The van der Waals surface area contributed by atoms with Crippen molar-refractivity contribution in [2.75, 3.05) is 6.61 Å². The number of carbonyl (C=O) groups excluding carboxylic acids is 1. The third kappa shape index (κ3) is 5.43. The van der Waals surface area contributed by atoms with Crippen LogP contribution in [0.4, 0.5) is 0 Å². The SMILES string of the molecule is C/C(=N/NC(=O)COc1c(Br)cc(C)cc1Br)c1cccc(Br)c1. The van der Waals surface area contributed by atoms with Gasteiger partial charge in [0.1, 0.15) is 5.75 Å². The minimum Gasteiger partial charge on any atom is -0.481 e. The van der Waals surface area contributed by atoms with E-state index in [2.05, 4.69) is 58.3 Å². The van der Waals surface area contributed by atoms with E-state index in [4.69, 9.17) is 4.74 Å². The molecule has 0 aliphatic carbocycles. The Hall–Kier alpha value is -1.18. The number of hydrogen-bond acceptors (Lipinski definition) is 3. The Balaban J connectivity index is 1.96. The van der Waals surface area contributed by atoms with Crippen LogP contribution in [0.15, 0.2) is 54.9 Å². The summed E-state index contributed by atoms with van der Waals surface area (Å²) in [5.41, 5.74) is 5.22. The van der Waals surface area contributed by atoms with Gasteiger partial charge in [-0.25, -0.2) is 5.43 Å². The van der Waals surface area contributed by atoms with Gasteiger partial charge in [-0.3, -0.25) is 4.79 Å². The van der Waals surface area contributed by atoms with Crippen molar-refractivity contribution >= 4 is 59.4 Å². The molecule has 0 aliphatic heterocycles. The molecule has 0 aromatic heterocycles. The molecule has 0 saturated heterocycles. The highest BCUT2D eigenvalue weighted by Crippen LogP contribution is 2.34. The molecule has 0 unspecified atom stereocenters. The zero-order valence-corrected chi connectivity index (χ0v) is 17.8. The lowest BCUT2D eigenvalue weighted by Crippen LogP contribution is -2.25. The van der Waals surface area contributed by atoms with Gasteiger partial charge >= 0.3 is 0 Å². The lowest BCUT2D eigenvalue weighted by molar-refractivity contribution is -0.123. The first-order chi connectivity index (χ1) is 11.4. The van der Waals surface area contributed by atoms with Gasteiger partial charge in [0.15, 0.2) is 6.61 Å². The average Bonchev–Trinajstić information content (AvgIpc) is 2.51. The number of halogens is 3. The highest BCUT2D eigenvalue weighted by Gasteiger charge is 2.10. The maximum atomic E-state index is 11.9. The molecule has 2 aromatic rings. The van der Waals surface area contributed by atoms with Crippen LogP contribution in [0.25, 0.3) is 0 Å².